The molecule has 1 unspecified atom stereocenters. The minimum atomic E-state index is -0.293. The van der Waals surface area contributed by atoms with E-state index in [-0.39, 0.29) is 5.41 Å². The fourth-order valence-electron chi connectivity index (χ4n) is 10.4. The van der Waals surface area contributed by atoms with Crippen molar-refractivity contribution < 1.29 is 0 Å². The number of benzene rings is 11. The second-order valence-electron chi connectivity index (χ2n) is 17.0. The van der Waals surface area contributed by atoms with Gasteiger partial charge in [0.25, 0.3) is 0 Å². The van der Waals surface area contributed by atoms with Crippen molar-refractivity contribution in [3.05, 3.63) is 259 Å². The highest BCUT2D eigenvalue weighted by Crippen LogP contribution is 2.55. The van der Waals surface area contributed by atoms with Crippen molar-refractivity contribution in [2.45, 2.75) is 12.3 Å². The largest absolute Gasteiger partial charge is 0.311 e. The lowest BCUT2D eigenvalue weighted by molar-refractivity contribution is 0.715. The number of fused-ring (bicyclic) bond motifs is 6. The Morgan fingerprint density at radius 1 is 0.302 bits per heavy atom. The summed E-state index contributed by atoms with van der Waals surface area (Å²) in [4.78, 5) is 2.38. The van der Waals surface area contributed by atoms with Crippen LogP contribution < -0.4 is 4.90 Å². The van der Waals surface area contributed by atoms with Gasteiger partial charge in [-0.2, -0.15) is 0 Å². The second-order valence-corrected chi connectivity index (χ2v) is 17.0. The Morgan fingerprint density at radius 2 is 0.714 bits per heavy atom. The third-order valence-electron chi connectivity index (χ3n) is 13.6. The molecule has 0 fully saturated rings. The van der Waals surface area contributed by atoms with Gasteiger partial charge in [0.15, 0.2) is 0 Å². The average Bonchev–Trinajstić information content (AvgIpc) is 3.63. The maximum atomic E-state index is 2.41. The SMILES string of the molecule is CC1(c2ccc3ccccc3c2)c2ccccc2-c2c(-c3ccc(N(c4ccc(-c5cccc6ccccc56)cc4)c4ccc(-c5cccc6ccccc56)cc4)cc3)cccc21. The van der Waals surface area contributed by atoms with Crippen molar-refractivity contribution in [2.24, 2.45) is 0 Å². The summed E-state index contributed by atoms with van der Waals surface area (Å²) in [7, 11) is 0. The maximum absolute atomic E-state index is 2.41. The van der Waals surface area contributed by atoms with Crippen LogP contribution >= 0.6 is 0 Å². The summed E-state index contributed by atoms with van der Waals surface area (Å²) < 4.78 is 0. The van der Waals surface area contributed by atoms with E-state index in [1.165, 1.54) is 93.5 Å². The van der Waals surface area contributed by atoms with Crippen LogP contribution in [0.15, 0.2) is 243 Å². The monoisotopic (exact) mass is 801 g/mol. The van der Waals surface area contributed by atoms with Gasteiger partial charge in [-0.1, -0.05) is 200 Å². The number of nitrogens with zero attached hydrogens (tertiary/aromatic N) is 1. The Kier molecular flexibility index (Phi) is 8.69. The third kappa shape index (κ3) is 6.08. The van der Waals surface area contributed by atoms with E-state index in [0.29, 0.717) is 0 Å². The lowest BCUT2D eigenvalue weighted by Gasteiger charge is -2.29. The molecule has 63 heavy (non-hydrogen) atoms. The molecular weight excluding hydrogens is 759 g/mol. The van der Waals surface area contributed by atoms with Crippen molar-refractivity contribution in [2.75, 3.05) is 4.90 Å². The molecule has 1 nitrogen and oxygen atoms in total. The predicted molar refractivity (Wildman–Crippen MR) is 267 cm³/mol. The molecule has 0 aromatic heterocycles. The summed E-state index contributed by atoms with van der Waals surface area (Å²) >= 11 is 0. The Balaban J connectivity index is 0.956. The third-order valence-corrected chi connectivity index (χ3v) is 13.6. The van der Waals surface area contributed by atoms with Crippen LogP contribution in [0.25, 0.3) is 76.8 Å². The van der Waals surface area contributed by atoms with Gasteiger partial charge in [-0.05, 0) is 143 Å². The smallest absolute Gasteiger partial charge is 0.0462 e. The quantitative estimate of drug-likeness (QED) is 0.155. The first kappa shape index (κ1) is 36.8. The summed E-state index contributed by atoms with van der Waals surface area (Å²) in [6, 6.07) is 89.3. The molecular formula is C62H43N. The van der Waals surface area contributed by atoms with Crippen molar-refractivity contribution >= 4 is 49.4 Å². The minimum Gasteiger partial charge on any atom is -0.311 e. The van der Waals surface area contributed by atoms with Crippen LogP contribution in [0.1, 0.15) is 23.6 Å². The van der Waals surface area contributed by atoms with Gasteiger partial charge in [0.1, 0.15) is 0 Å². The molecule has 0 bridgehead atoms. The summed E-state index contributed by atoms with van der Waals surface area (Å²) in [5, 5.41) is 7.55. The van der Waals surface area contributed by atoms with Crippen LogP contribution in [0.2, 0.25) is 0 Å². The molecule has 11 aromatic rings. The predicted octanol–water partition coefficient (Wildman–Crippen LogP) is 17.0. The summed E-state index contributed by atoms with van der Waals surface area (Å²) in [6.07, 6.45) is 0. The molecule has 1 heteroatoms. The highest BCUT2D eigenvalue weighted by molar-refractivity contribution is 5.99. The first-order valence-electron chi connectivity index (χ1n) is 21.9. The number of hydrogen-bond acceptors (Lipinski definition) is 1. The lowest BCUT2D eigenvalue weighted by atomic mass is 9.73. The average molecular weight is 802 g/mol. The van der Waals surface area contributed by atoms with Gasteiger partial charge < -0.3 is 4.90 Å². The summed E-state index contributed by atoms with van der Waals surface area (Å²) in [5.74, 6) is 0. The van der Waals surface area contributed by atoms with Crippen molar-refractivity contribution in [1.29, 1.82) is 0 Å². The fourth-order valence-corrected chi connectivity index (χ4v) is 10.4. The van der Waals surface area contributed by atoms with Gasteiger partial charge in [-0.3, -0.25) is 0 Å². The van der Waals surface area contributed by atoms with E-state index in [1.54, 1.807) is 0 Å². The zero-order valence-electron chi connectivity index (χ0n) is 35.0. The highest BCUT2D eigenvalue weighted by atomic mass is 15.1. The van der Waals surface area contributed by atoms with Crippen LogP contribution in [-0.4, -0.2) is 0 Å². The topological polar surface area (TPSA) is 3.24 Å². The Bertz CT molecular complexity index is 3370. The number of rotatable bonds is 7. The fraction of sp³-hybridized carbons (Fsp3) is 0.0323. The van der Waals surface area contributed by atoms with Gasteiger partial charge in [-0.25, -0.2) is 0 Å². The number of anilines is 3. The Morgan fingerprint density at radius 3 is 1.30 bits per heavy atom. The van der Waals surface area contributed by atoms with Gasteiger partial charge in [-0.15, -0.1) is 0 Å². The van der Waals surface area contributed by atoms with Crippen LogP contribution in [0.3, 0.4) is 0 Å². The van der Waals surface area contributed by atoms with Crippen LogP contribution in [-0.2, 0) is 5.41 Å². The van der Waals surface area contributed by atoms with E-state index in [9.17, 15) is 0 Å². The normalized spacial score (nSPS) is 14.2. The minimum absolute atomic E-state index is 0.293. The Labute approximate surface area is 368 Å². The van der Waals surface area contributed by atoms with Gasteiger partial charge >= 0.3 is 0 Å². The van der Waals surface area contributed by atoms with Crippen molar-refractivity contribution in [3.63, 3.8) is 0 Å². The standard InChI is InChI=1S/C62H43N/c1-62(49-34-27-42-13-2-3-16-48(42)41-49)59-25-9-8-21-58(59)61-57(24-12-26-60(61)62)47-32-39-52(40-33-47)63(50-35-28-45(29-36-50)55-22-10-17-43-14-4-6-19-53(43)55)51-37-30-46(31-38-51)56-23-11-18-44-15-5-7-20-54(44)56/h2-41H,1H3. The van der Waals surface area contributed by atoms with E-state index in [4.69, 9.17) is 0 Å². The Hall–Kier alpha value is -8.00. The zero-order chi connectivity index (χ0) is 41.9. The second kappa shape index (κ2) is 14.9. The van der Waals surface area contributed by atoms with Gasteiger partial charge in [0, 0.05) is 22.5 Å². The molecule has 0 N–H and O–H groups in total. The van der Waals surface area contributed by atoms with E-state index >= 15 is 0 Å². The molecule has 0 aliphatic heterocycles. The highest BCUT2D eigenvalue weighted by Gasteiger charge is 2.41. The molecule has 1 atom stereocenters. The molecule has 0 saturated carbocycles. The molecule has 0 heterocycles. The molecule has 0 spiro atoms. The van der Waals surface area contributed by atoms with E-state index in [0.717, 1.165) is 17.1 Å². The maximum Gasteiger partial charge on any atom is 0.0462 e. The van der Waals surface area contributed by atoms with E-state index in [2.05, 4.69) is 254 Å². The van der Waals surface area contributed by atoms with E-state index < -0.39 is 0 Å². The summed E-state index contributed by atoms with van der Waals surface area (Å²) in [6.45, 7) is 2.41. The molecule has 296 valence electrons. The first-order chi connectivity index (χ1) is 31.1. The molecule has 1 aliphatic rings. The first-order valence-corrected chi connectivity index (χ1v) is 21.9. The van der Waals surface area contributed by atoms with Crippen LogP contribution in [0, 0.1) is 0 Å². The molecule has 0 amide bonds. The van der Waals surface area contributed by atoms with Crippen molar-refractivity contribution in [3.8, 4) is 44.5 Å². The van der Waals surface area contributed by atoms with Gasteiger partial charge in [0.05, 0.1) is 0 Å². The zero-order valence-corrected chi connectivity index (χ0v) is 35.0. The lowest BCUT2D eigenvalue weighted by Crippen LogP contribution is -2.22. The van der Waals surface area contributed by atoms with E-state index in [1.807, 2.05) is 0 Å². The molecule has 0 radical (unpaired) electrons. The van der Waals surface area contributed by atoms with Gasteiger partial charge in [0.2, 0.25) is 0 Å². The summed E-state index contributed by atoms with van der Waals surface area (Å²) in [5.41, 5.74) is 17.0. The molecule has 0 saturated heterocycles. The molecule has 12 rings (SSSR count). The van der Waals surface area contributed by atoms with Crippen molar-refractivity contribution in [1.82, 2.24) is 0 Å². The van der Waals surface area contributed by atoms with Crippen LogP contribution in [0.5, 0.6) is 0 Å². The van der Waals surface area contributed by atoms with Crippen LogP contribution in [0.4, 0.5) is 17.1 Å². The molecule has 1 aliphatic carbocycles. The number of hydrogen-bond donors (Lipinski definition) is 0. The molecule has 11 aromatic carbocycles.